The number of carbonyl (C=O) groups is 2. The number of carboxylic acids is 1. The molecule has 98 valence electrons. The van der Waals surface area contributed by atoms with E-state index in [0.29, 0.717) is 12.8 Å². The van der Waals surface area contributed by atoms with Gasteiger partial charge in [0.25, 0.3) is 0 Å². The van der Waals surface area contributed by atoms with Crippen LogP contribution >= 0.6 is 0 Å². The van der Waals surface area contributed by atoms with Crippen molar-refractivity contribution in [2.75, 3.05) is 6.54 Å². The quantitative estimate of drug-likeness (QED) is 0.551. The number of nitrogens with two attached hydrogens (primary N) is 1. The molecule has 0 heterocycles. The van der Waals surface area contributed by atoms with Crippen LogP contribution < -0.4 is 11.1 Å². The van der Waals surface area contributed by atoms with Crippen molar-refractivity contribution < 1.29 is 14.7 Å². The molecular weight excluding hydrogens is 220 g/mol. The maximum Gasteiger partial charge on any atom is 0.326 e. The first-order chi connectivity index (χ1) is 7.97. The second kappa shape index (κ2) is 7.06. The minimum absolute atomic E-state index is 0.204. The van der Waals surface area contributed by atoms with Crippen molar-refractivity contribution in [1.29, 1.82) is 0 Å². The lowest BCUT2D eigenvalue weighted by molar-refractivity contribution is -0.143. The number of amides is 1. The Balaban J connectivity index is 4.79. The van der Waals surface area contributed by atoms with Crippen LogP contribution in [0.5, 0.6) is 0 Å². The summed E-state index contributed by atoms with van der Waals surface area (Å²) in [6, 6.07) is -0.927. The third-order valence-electron chi connectivity index (χ3n) is 3.23. The average Bonchev–Trinajstić information content (AvgIpc) is 2.31. The largest absolute Gasteiger partial charge is 0.480 e. The fourth-order valence-corrected chi connectivity index (χ4v) is 1.65. The summed E-state index contributed by atoms with van der Waals surface area (Å²) < 4.78 is 0. The van der Waals surface area contributed by atoms with Crippen LogP contribution in [0.4, 0.5) is 0 Å². The van der Waals surface area contributed by atoms with E-state index in [4.69, 9.17) is 10.8 Å². The van der Waals surface area contributed by atoms with Crippen molar-refractivity contribution >= 4 is 11.9 Å². The normalized spacial score (nSPS) is 12.9. The molecule has 1 atom stereocenters. The van der Waals surface area contributed by atoms with E-state index in [2.05, 4.69) is 11.9 Å². The third kappa shape index (κ3) is 3.85. The molecule has 0 aromatic rings. The summed E-state index contributed by atoms with van der Waals surface area (Å²) in [4.78, 5) is 23.0. The summed E-state index contributed by atoms with van der Waals surface area (Å²) in [5.41, 5.74) is 4.96. The average molecular weight is 242 g/mol. The predicted octanol–water partition coefficient (Wildman–Crippen LogP) is 0.897. The molecule has 0 aromatic carbocycles. The first-order valence-electron chi connectivity index (χ1n) is 5.82. The number of hydrogen-bond donors (Lipinski definition) is 3. The fourth-order valence-electron chi connectivity index (χ4n) is 1.65. The fraction of sp³-hybridized carbons (Fsp3) is 0.667. The summed E-state index contributed by atoms with van der Waals surface area (Å²) >= 11 is 0. The molecule has 0 spiro atoms. The van der Waals surface area contributed by atoms with Crippen LogP contribution in [0.2, 0.25) is 0 Å². The zero-order valence-electron chi connectivity index (χ0n) is 10.5. The first-order valence-corrected chi connectivity index (χ1v) is 5.82. The molecule has 0 fully saturated rings. The summed E-state index contributed by atoms with van der Waals surface area (Å²) in [5.74, 6) is -1.35. The number of hydrogen-bond acceptors (Lipinski definition) is 3. The van der Waals surface area contributed by atoms with Gasteiger partial charge in [-0.3, -0.25) is 4.79 Å². The van der Waals surface area contributed by atoms with Gasteiger partial charge in [-0.25, -0.2) is 4.79 Å². The predicted molar refractivity (Wildman–Crippen MR) is 66.4 cm³/mol. The number of nitrogens with one attached hydrogen (secondary N) is 1. The van der Waals surface area contributed by atoms with Gasteiger partial charge in [-0.15, -0.1) is 6.58 Å². The van der Waals surface area contributed by atoms with E-state index in [1.165, 1.54) is 6.08 Å². The summed E-state index contributed by atoms with van der Waals surface area (Å²) in [6.07, 6.45) is 2.86. The lowest BCUT2D eigenvalue weighted by Crippen LogP contribution is -2.50. The van der Waals surface area contributed by atoms with E-state index in [-0.39, 0.29) is 18.9 Å². The Hall–Kier alpha value is -1.36. The SMILES string of the molecule is C=CCC(NC(=O)C(CC)(CC)CN)C(=O)O. The molecule has 5 nitrogen and oxygen atoms in total. The molecule has 17 heavy (non-hydrogen) atoms. The Morgan fingerprint density at radius 2 is 2.00 bits per heavy atom. The standard InChI is InChI=1S/C12H22N2O3/c1-4-7-9(10(15)16)14-11(17)12(5-2,6-3)8-13/h4,9H,1,5-8,13H2,2-3H3,(H,14,17)(H,15,16). The molecule has 0 aliphatic heterocycles. The van der Waals surface area contributed by atoms with Gasteiger partial charge in [0.1, 0.15) is 6.04 Å². The van der Waals surface area contributed by atoms with Gasteiger partial charge in [0.2, 0.25) is 5.91 Å². The Kier molecular flexibility index (Phi) is 6.50. The highest BCUT2D eigenvalue weighted by Gasteiger charge is 2.35. The van der Waals surface area contributed by atoms with E-state index in [0.717, 1.165) is 0 Å². The molecule has 0 saturated heterocycles. The minimum Gasteiger partial charge on any atom is -0.480 e. The van der Waals surface area contributed by atoms with Crippen molar-refractivity contribution in [3.8, 4) is 0 Å². The van der Waals surface area contributed by atoms with Crippen LogP contribution in [0.3, 0.4) is 0 Å². The topological polar surface area (TPSA) is 92.4 Å². The van der Waals surface area contributed by atoms with Crippen LogP contribution in [0, 0.1) is 5.41 Å². The molecule has 0 aromatic heterocycles. The van der Waals surface area contributed by atoms with Gasteiger partial charge in [-0.05, 0) is 19.3 Å². The zero-order valence-corrected chi connectivity index (χ0v) is 10.5. The van der Waals surface area contributed by atoms with Crippen LogP contribution in [-0.2, 0) is 9.59 Å². The first kappa shape index (κ1) is 15.6. The van der Waals surface area contributed by atoms with Crippen molar-refractivity contribution in [3.63, 3.8) is 0 Å². The molecule has 1 unspecified atom stereocenters. The molecule has 0 saturated carbocycles. The van der Waals surface area contributed by atoms with Crippen molar-refractivity contribution in [1.82, 2.24) is 5.32 Å². The van der Waals surface area contributed by atoms with Crippen LogP contribution in [-0.4, -0.2) is 29.6 Å². The molecule has 1 amide bonds. The lowest BCUT2D eigenvalue weighted by Gasteiger charge is -2.30. The molecule has 4 N–H and O–H groups in total. The van der Waals surface area contributed by atoms with Gasteiger partial charge >= 0.3 is 5.97 Å². The molecule has 5 heteroatoms. The van der Waals surface area contributed by atoms with Gasteiger partial charge in [0, 0.05) is 6.54 Å². The second-order valence-corrected chi connectivity index (χ2v) is 4.08. The molecule has 0 aliphatic carbocycles. The highest BCUT2D eigenvalue weighted by molar-refractivity contribution is 5.87. The highest BCUT2D eigenvalue weighted by atomic mass is 16.4. The summed E-state index contributed by atoms with van der Waals surface area (Å²) in [5, 5.41) is 11.5. The lowest BCUT2D eigenvalue weighted by atomic mass is 9.81. The monoisotopic (exact) mass is 242 g/mol. The third-order valence-corrected chi connectivity index (χ3v) is 3.23. The van der Waals surface area contributed by atoms with Gasteiger partial charge in [0.05, 0.1) is 5.41 Å². The highest BCUT2D eigenvalue weighted by Crippen LogP contribution is 2.25. The number of carbonyl (C=O) groups excluding carboxylic acids is 1. The van der Waals surface area contributed by atoms with Crippen LogP contribution in [0.25, 0.3) is 0 Å². The maximum absolute atomic E-state index is 12.1. The van der Waals surface area contributed by atoms with Crippen molar-refractivity contribution in [2.45, 2.75) is 39.2 Å². The molecule has 0 rings (SSSR count). The van der Waals surface area contributed by atoms with Gasteiger partial charge < -0.3 is 16.2 Å². The number of aliphatic carboxylic acids is 1. The number of rotatable bonds is 8. The Morgan fingerprint density at radius 1 is 1.47 bits per heavy atom. The van der Waals surface area contributed by atoms with E-state index < -0.39 is 17.4 Å². The van der Waals surface area contributed by atoms with E-state index in [1.807, 2.05) is 13.8 Å². The molecule has 0 aliphatic rings. The van der Waals surface area contributed by atoms with E-state index >= 15 is 0 Å². The van der Waals surface area contributed by atoms with Crippen LogP contribution in [0.15, 0.2) is 12.7 Å². The zero-order chi connectivity index (χ0) is 13.5. The number of carboxylic acid groups (broad SMARTS) is 1. The summed E-state index contributed by atoms with van der Waals surface area (Å²) in [7, 11) is 0. The minimum atomic E-state index is -1.06. The van der Waals surface area contributed by atoms with Crippen molar-refractivity contribution in [3.05, 3.63) is 12.7 Å². The van der Waals surface area contributed by atoms with E-state index in [1.54, 1.807) is 0 Å². The molecular formula is C12H22N2O3. The molecule has 0 bridgehead atoms. The smallest absolute Gasteiger partial charge is 0.326 e. The van der Waals surface area contributed by atoms with Crippen LogP contribution in [0.1, 0.15) is 33.1 Å². The maximum atomic E-state index is 12.1. The van der Waals surface area contributed by atoms with Gasteiger partial charge in [-0.2, -0.15) is 0 Å². The van der Waals surface area contributed by atoms with Crippen molar-refractivity contribution in [2.24, 2.45) is 11.1 Å². The van der Waals surface area contributed by atoms with Gasteiger partial charge in [0.15, 0.2) is 0 Å². The molecule has 0 radical (unpaired) electrons. The Morgan fingerprint density at radius 3 is 2.29 bits per heavy atom. The van der Waals surface area contributed by atoms with Gasteiger partial charge in [-0.1, -0.05) is 19.9 Å². The Bertz CT molecular complexity index is 277. The van der Waals surface area contributed by atoms with E-state index in [9.17, 15) is 9.59 Å². The Labute approximate surface area is 102 Å². The summed E-state index contributed by atoms with van der Waals surface area (Å²) in [6.45, 7) is 7.44. The second-order valence-electron chi connectivity index (χ2n) is 4.08.